The summed E-state index contributed by atoms with van der Waals surface area (Å²) in [7, 11) is 1.82. The molecular formula is C13H14N6O2. The molecule has 0 atom stereocenters. The molecule has 1 amide bonds. The van der Waals surface area contributed by atoms with Gasteiger partial charge in [0.25, 0.3) is 5.91 Å². The van der Waals surface area contributed by atoms with Gasteiger partial charge in [0, 0.05) is 20.1 Å². The Morgan fingerprint density at radius 2 is 2.29 bits per heavy atom. The van der Waals surface area contributed by atoms with Gasteiger partial charge in [0.15, 0.2) is 11.4 Å². The highest BCUT2D eigenvalue weighted by Crippen LogP contribution is 2.16. The van der Waals surface area contributed by atoms with Gasteiger partial charge in [0.1, 0.15) is 12.1 Å². The Morgan fingerprint density at radius 3 is 3.10 bits per heavy atom. The standard InChI is InChI=1S/C13H14N6O2/c1-19-12-9(7-18-19)11(16-8-17-12)14-4-5-15-13(20)10-3-2-6-21-10/h2-3,6-8H,4-5H2,1H3,(H,15,20)(H,14,16,17). The van der Waals surface area contributed by atoms with Crippen molar-refractivity contribution in [2.24, 2.45) is 7.05 Å². The van der Waals surface area contributed by atoms with Crippen LogP contribution in [0, 0.1) is 0 Å². The summed E-state index contributed by atoms with van der Waals surface area (Å²) in [5, 5.41) is 10.9. The first-order valence-corrected chi connectivity index (χ1v) is 6.44. The molecule has 0 aliphatic heterocycles. The fraction of sp³-hybridized carbons (Fsp3) is 0.231. The number of carbonyl (C=O) groups is 1. The summed E-state index contributed by atoms with van der Waals surface area (Å²) in [5.74, 6) is 0.753. The van der Waals surface area contributed by atoms with Crippen LogP contribution in [0.25, 0.3) is 11.0 Å². The number of amides is 1. The van der Waals surface area contributed by atoms with Gasteiger partial charge >= 0.3 is 0 Å². The number of furan rings is 1. The average molecular weight is 286 g/mol. The van der Waals surface area contributed by atoms with Gasteiger partial charge in [0.05, 0.1) is 17.8 Å². The normalized spacial score (nSPS) is 10.7. The molecule has 0 aliphatic rings. The number of rotatable bonds is 5. The van der Waals surface area contributed by atoms with Crippen LogP contribution in [0.3, 0.4) is 0 Å². The minimum atomic E-state index is -0.240. The number of fused-ring (bicyclic) bond motifs is 1. The van der Waals surface area contributed by atoms with Gasteiger partial charge in [-0.2, -0.15) is 5.10 Å². The zero-order valence-corrected chi connectivity index (χ0v) is 11.4. The Hall–Kier alpha value is -2.90. The second kappa shape index (κ2) is 5.61. The molecule has 0 bridgehead atoms. The largest absolute Gasteiger partial charge is 0.459 e. The lowest BCUT2D eigenvalue weighted by molar-refractivity contribution is 0.0927. The third-order valence-electron chi connectivity index (χ3n) is 2.98. The highest BCUT2D eigenvalue weighted by Gasteiger charge is 2.08. The molecule has 0 aliphatic carbocycles. The SMILES string of the molecule is Cn1ncc2c(NCCNC(=O)c3ccco3)ncnc21. The van der Waals surface area contributed by atoms with Crippen molar-refractivity contribution in [2.75, 3.05) is 18.4 Å². The van der Waals surface area contributed by atoms with Crippen LogP contribution in [0.2, 0.25) is 0 Å². The van der Waals surface area contributed by atoms with E-state index in [0.29, 0.717) is 24.7 Å². The molecule has 0 spiro atoms. The third-order valence-corrected chi connectivity index (χ3v) is 2.98. The predicted octanol–water partition coefficient (Wildman–Crippen LogP) is 0.798. The second-order valence-corrected chi connectivity index (χ2v) is 4.39. The monoisotopic (exact) mass is 286 g/mol. The second-order valence-electron chi connectivity index (χ2n) is 4.39. The molecule has 8 heteroatoms. The Balaban J connectivity index is 1.56. The van der Waals surface area contributed by atoms with Crippen molar-refractivity contribution in [3.8, 4) is 0 Å². The smallest absolute Gasteiger partial charge is 0.287 e. The van der Waals surface area contributed by atoms with Gasteiger partial charge in [-0.05, 0) is 12.1 Å². The summed E-state index contributed by atoms with van der Waals surface area (Å²) < 4.78 is 6.69. The zero-order valence-electron chi connectivity index (χ0n) is 11.4. The van der Waals surface area contributed by atoms with Crippen LogP contribution in [-0.2, 0) is 7.05 Å². The minimum Gasteiger partial charge on any atom is -0.459 e. The number of hydrogen-bond donors (Lipinski definition) is 2. The molecule has 0 unspecified atom stereocenters. The van der Waals surface area contributed by atoms with Gasteiger partial charge < -0.3 is 15.1 Å². The van der Waals surface area contributed by atoms with E-state index in [-0.39, 0.29) is 5.91 Å². The van der Waals surface area contributed by atoms with Crippen molar-refractivity contribution >= 4 is 22.8 Å². The summed E-state index contributed by atoms with van der Waals surface area (Å²) in [6.07, 6.45) is 4.65. The Morgan fingerprint density at radius 1 is 1.38 bits per heavy atom. The average Bonchev–Trinajstić information content (AvgIpc) is 3.14. The van der Waals surface area contributed by atoms with Crippen molar-refractivity contribution in [3.05, 3.63) is 36.7 Å². The van der Waals surface area contributed by atoms with E-state index in [4.69, 9.17) is 4.42 Å². The number of hydrogen-bond acceptors (Lipinski definition) is 6. The van der Waals surface area contributed by atoms with Crippen molar-refractivity contribution in [1.82, 2.24) is 25.1 Å². The molecule has 21 heavy (non-hydrogen) atoms. The van der Waals surface area contributed by atoms with Crippen LogP contribution in [0.1, 0.15) is 10.6 Å². The van der Waals surface area contributed by atoms with Gasteiger partial charge in [-0.1, -0.05) is 0 Å². The fourth-order valence-corrected chi connectivity index (χ4v) is 1.95. The zero-order chi connectivity index (χ0) is 14.7. The van der Waals surface area contributed by atoms with E-state index in [2.05, 4.69) is 25.7 Å². The summed E-state index contributed by atoms with van der Waals surface area (Å²) in [4.78, 5) is 20.0. The van der Waals surface area contributed by atoms with E-state index in [1.54, 1.807) is 23.0 Å². The number of aryl methyl sites for hydroxylation is 1. The maximum absolute atomic E-state index is 11.7. The maximum Gasteiger partial charge on any atom is 0.287 e. The Bertz CT molecular complexity index is 749. The van der Waals surface area contributed by atoms with Gasteiger partial charge in [-0.25, -0.2) is 9.97 Å². The predicted molar refractivity (Wildman–Crippen MR) is 75.8 cm³/mol. The molecule has 3 rings (SSSR count). The number of nitrogens with zero attached hydrogens (tertiary/aromatic N) is 4. The topological polar surface area (TPSA) is 97.9 Å². The fourth-order valence-electron chi connectivity index (χ4n) is 1.95. The van der Waals surface area contributed by atoms with Crippen molar-refractivity contribution in [1.29, 1.82) is 0 Å². The van der Waals surface area contributed by atoms with Gasteiger partial charge in [-0.15, -0.1) is 0 Å². The van der Waals surface area contributed by atoms with E-state index in [1.807, 2.05) is 7.05 Å². The minimum absolute atomic E-state index is 0.240. The molecule has 0 fully saturated rings. The number of nitrogens with one attached hydrogen (secondary N) is 2. The van der Waals surface area contributed by atoms with E-state index < -0.39 is 0 Å². The molecule has 8 nitrogen and oxygen atoms in total. The van der Waals surface area contributed by atoms with E-state index in [9.17, 15) is 4.79 Å². The number of aromatic nitrogens is 4. The summed E-state index contributed by atoms with van der Waals surface area (Å²) in [6.45, 7) is 0.985. The first-order chi connectivity index (χ1) is 10.3. The highest BCUT2D eigenvalue weighted by atomic mass is 16.3. The van der Waals surface area contributed by atoms with E-state index in [0.717, 1.165) is 11.0 Å². The molecule has 108 valence electrons. The van der Waals surface area contributed by atoms with Crippen molar-refractivity contribution in [3.63, 3.8) is 0 Å². The van der Waals surface area contributed by atoms with Crippen LogP contribution < -0.4 is 10.6 Å². The third kappa shape index (κ3) is 2.69. The molecule has 3 aromatic heterocycles. The molecule has 0 radical (unpaired) electrons. The lowest BCUT2D eigenvalue weighted by atomic mass is 10.4. The molecule has 0 aromatic carbocycles. The molecule has 0 saturated carbocycles. The van der Waals surface area contributed by atoms with E-state index in [1.165, 1.54) is 12.6 Å². The number of carbonyl (C=O) groups excluding carboxylic acids is 1. The lowest BCUT2D eigenvalue weighted by Gasteiger charge is -2.07. The summed E-state index contributed by atoms with van der Waals surface area (Å²) in [5.41, 5.74) is 0.757. The molecular weight excluding hydrogens is 272 g/mol. The van der Waals surface area contributed by atoms with Gasteiger partial charge in [-0.3, -0.25) is 9.48 Å². The highest BCUT2D eigenvalue weighted by molar-refractivity contribution is 5.91. The van der Waals surface area contributed by atoms with Crippen LogP contribution >= 0.6 is 0 Å². The Labute approximate surface area is 120 Å². The summed E-state index contributed by atoms with van der Waals surface area (Å²) >= 11 is 0. The van der Waals surface area contributed by atoms with Crippen molar-refractivity contribution < 1.29 is 9.21 Å². The van der Waals surface area contributed by atoms with E-state index >= 15 is 0 Å². The summed E-state index contributed by atoms with van der Waals surface area (Å²) in [6, 6.07) is 3.29. The first kappa shape index (κ1) is 13.1. The quantitative estimate of drug-likeness (QED) is 0.673. The van der Waals surface area contributed by atoms with Gasteiger partial charge in [0.2, 0.25) is 0 Å². The number of anilines is 1. The first-order valence-electron chi connectivity index (χ1n) is 6.44. The Kier molecular flexibility index (Phi) is 3.50. The molecule has 2 N–H and O–H groups in total. The molecule has 3 heterocycles. The van der Waals surface area contributed by atoms with Crippen molar-refractivity contribution in [2.45, 2.75) is 0 Å². The molecule has 3 aromatic rings. The van der Waals surface area contributed by atoms with Crippen LogP contribution in [0.5, 0.6) is 0 Å². The van der Waals surface area contributed by atoms with Crippen LogP contribution in [-0.4, -0.2) is 38.7 Å². The van der Waals surface area contributed by atoms with Crippen LogP contribution in [0.15, 0.2) is 35.3 Å². The molecule has 0 saturated heterocycles. The van der Waals surface area contributed by atoms with Crippen LogP contribution in [0.4, 0.5) is 5.82 Å². The maximum atomic E-state index is 11.7. The lowest BCUT2D eigenvalue weighted by Crippen LogP contribution is -2.28.